The second-order valence-electron chi connectivity index (χ2n) is 4.13. The summed E-state index contributed by atoms with van der Waals surface area (Å²) < 4.78 is 20.0. The SMILES string of the molecule is Cn1ccc(OCc2c(CF)cccc2C(=O)NO)n1. The molecule has 0 aliphatic carbocycles. The number of carbonyl (C=O) groups excluding carboxylic acids is 1. The molecule has 2 N–H and O–H groups in total. The lowest BCUT2D eigenvalue weighted by molar-refractivity contribution is 0.0703. The number of ether oxygens (including phenoxy) is 1. The van der Waals surface area contributed by atoms with Crippen LogP contribution in [0.2, 0.25) is 0 Å². The predicted octanol–water partition coefficient (Wildman–Crippen LogP) is 1.59. The van der Waals surface area contributed by atoms with Crippen molar-refractivity contribution in [2.75, 3.05) is 0 Å². The van der Waals surface area contributed by atoms with Gasteiger partial charge in [-0.1, -0.05) is 12.1 Å². The molecule has 1 aromatic heterocycles. The molecule has 0 aliphatic heterocycles. The Labute approximate surface area is 114 Å². The van der Waals surface area contributed by atoms with Gasteiger partial charge in [0, 0.05) is 30.4 Å². The Kier molecular flexibility index (Phi) is 4.31. The fraction of sp³-hybridized carbons (Fsp3) is 0.231. The van der Waals surface area contributed by atoms with Crippen molar-refractivity contribution in [2.45, 2.75) is 13.3 Å². The van der Waals surface area contributed by atoms with Crippen molar-refractivity contribution >= 4 is 5.91 Å². The first-order valence-corrected chi connectivity index (χ1v) is 5.89. The van der Waals surface area contributed by atoms with Crippen LogP contribution < -0.4 is 10.2 Å². The maximum absolute atomic E-state index is 13.0. The Balaban J connectivity index is 2.26. The van der Waals surface area contributed by atoms with Gasteiger partial charge < -0.3 is 4.74 Å². The van der Waals surface area contributed by atoms with E-state index in [9.17, 15) is 9.18 Å². The number of amides is 1. The number of nitrogens with zero attached hydrogens (tertiary/aromatic N) is 2. The van der Waals surface area contributed by atoms with Crippen LogP contribution in [0.3, 0.4) is 0 Å². The van der Waals surface area contributed by atoms with E-state index in [-0.39, 0.29) is 12.2 Å². The highest BCUT2D eigenvalue weighted by Gasteiger charge is 2.15. The molecule has 6 nitrogen and oxygen atoms in total. The summed E-state index contributed by atoms with van der Waals surface area (Å²) in [6.45, 7) is -0.743. The Bertz CT molecular complexity index is 613. The molecule has 2 rings (SSSR count). The largest absolute Gasteiger partial charge is 0.472 e. The number of benzene rings is 1. The molecular formula is C13H14FN3O3. The van der Waals surface area contributed by atoms with Gasteiger partial charge in [-0.2, -0.15) is 0 Å². The number of aromatic nitrogens is 2. The summed E-state index contributed by atoms with van der Waals surface area (Å²) in [5, 5.41) is 12.7. The van der Waals surface area contributed by atoms with Crippen molar-refractivity contribution in [3.8, 4) is 5.88 Å². The highest BCUT2D eigenvalue weighted by Crippen LogP contribution is 2.19. The molecule has 7 heteroatoms. The first-order chi connectivity index (χ1) is 9.65. The molecule has 2 aromatic rings. The zero-order valence-electron chi connectivity index (χ0n) is 10.8. The number of halogens is 1. The number of carbonyl (C=O) groups is 1. The normalized spacial score (nSPS) is 10.3. The van der Waals surface area contributed by atoms with Gasteiger partial charge in [-0.25, -0.2) is 9.87 Å². The highest BCUT2D eigenvalue weighted by atomic mass is 19.1. The second kappa shape index (κ2) is 6.16. The van der Waals surface area contributed by atoms with E-state index in [2.05, 4.69) is 5.10 Å². The topological polar surface area (TPSA) is 76.4 Å². The van der Waals surface area contributed by atoms with Crippen LogP contribution in [0.15, 0.2) is 30.5 Å². The third-order valence-electron chi connectivity index (χ3n) is 2.82. The first-order valence-electron chi connectivity index (χ1n) is 5.89. The van der Waals surface area contributed by atoms with Crippen LogP contribution in [0.25, 0.3) is 0 Å². The Morgan fingerprint density at radius 1 is 1.50 bits per heavy atom. The molecule has 0 saturated carbocycles. The monoisotopic (exact) mass is 279 g/mol. The van der Waals surface area contributed by atoms with Gasteiger partial charge in [0.1, 0.15) is 13.3 Å². The van der Waals surface area contributed by atoms with Gasteiger partial charge >= 0.3 is 0 Å². The van der Waals surface area contributed by atoms with Crippen molar-refractivity contribution in [1.29, 1.82) is 0 Å². The maximum Gasteiger partial charge on any atom is 0.275 e. The minimum absolute atomic E-state index is 0.0140. The average Bonchev–Trinajstić information content (AvgIpc) is 2.89. The molecule has 1 aromatic carbocycles. The van der Waals surface area contributed by atoms with Crippen LogP contribution in [0, 0.1) is 0 Å². The molecule has 0 atom stereocenters. The fourth-order valence-corrected chi connectivity index (χ4v) is 1.82. The van der Waals surface area contributed by atoms with Gasteiger partial charge in [0.15, 0.2) is 0 Å². The van der Waals surface area contributed by atoms with Crippen molar-refractivity contribution in [1.82, 2.24) is 15.3 Å². The number of hydrogen-bond acceptors (Lipinski definition) is 4. The number of hydrogen-bond donors (Lipinski definition) is 2. The standard InChI is InChI=1S/C13H14FN3O3/c1-17-6-5-12(15-17)20-8-11-9(7-14)3-2-4-10(11)13(18)16-19/h2-6,19H,7-8H2,1H3,(H,16,18). The lowest BCUT2D eigenvalue weighted by atomic mass is 10.0. The van der Waals surface area contributed by atoms with Crippen LogP contribution in [0.4, 0.5) is 4.39 Å². The van der Waals surface area contributed by atoms with Gasteiger partial charge in [0.2, 0.25) is 5.88 Å². The van der Waals surface area contributed by atoms with Crippen molar-refractivity contribution in [2.24, 2.45) is 7.05 Å². The summed E-state index contributed by atoms with van der Waals surface area (Å²) in [7, 11) is 1.74. The summed E-state index contributed by atoms with van der Waals surface area (Å²) >= 11 is 0. The molecule has 0 saturated heterocycles. The molecule has 0 unspecified atom stereocenters. The fourth-order valence-electron chi connectivity index (χ4n) is 1.82. The lowest BCUT2D eigenvalue weighted by Gasteiger charge is -2.12. The lowest BCUT2D eigenvalue weighted by Crippen LogP contribution is -2.21. The van der Waals surface area contributed by atoms with Crippen LogP contribution in [-0.2, 0) is 20.3 Å². The number of rotatable bonds is 5. The van der Waals surface area contributed by atoms with E-state index in [1.165, 1.54) is 11.5 Å². The van der Waals surface area contributed by atoms with Gasteiger partial charge in [0.25, 0.3) is 5.91 Å². The van der Waals surface area contributed by atoms with E-state index >= 15 is 0 Å². The first kappa shape index (κ1) is 14.0. The number of nitrogens with one attached hydrogen (secondary N) is 1. The van der Waals surface area contributed by atoms with Crippen LogP contribution in [0.1, 0.15) is 21.5 Å². The van der Waals surface area contributed by atoms with Gasteiger partial charge in [-0.3, -0.25) is 14.7 Å². The van der Waals surface area contributed by atoms with E-state index in [1.54, 1.807) is 36.1 Å². The quantitative estimate of drug-likeness (QED) is 0.643. The third-order valence-corrected chi connectivity index (χ3v) is 2.82. The molecule has 0 spiro atoms. The molecule has 0 aliphatic rings. The summed E-state index contributed by atoms with van der Waals surface area (Å²) in [4.78, 5) is 11.6. The molecule has 1 amide bonds. The van der Waals surface area contributed by atoms with Crippen molar-refractivity contribution in [3.05, 3.63) is 47.2 Å². The van der Waals surface area contributed by atoms with Crippen molar-refractivity contribution in [3.63, 3.8) is 0 Å². The molecule has 0 bridgehead atoms. The molecule has 0 radical (unpaired) electrons. The van der Waals surface area contributed by atoms with E-state index in [4.69, 9.17) is 9.94 Å². The minimum Gasteiger partial charge on any atom is -0.472 e. The Hall–Kier alpha value is -2.41. The summed E-state index contributed by atoms with van der Waals surface area (Å²) in [5.74, 6) is -0.337. The van der Waals surface area contributed by atoms with E-state index in [0.29, 0.717) is 17.0 Å². The second-order valence-corrected chi connectivity index (χ2v) is 4.13. The maximum atomic E-state index is 13.0. The van der Waals surface area contributed by atoms with Crippen LogP contribution in [0.5, 0.6) is 5.88 Å². The molecule has 106 valence electrons. The molecule has 0 fully saturated rings. The number of aryl methyl sites for hydroxylation is 1. The summed E-state index contributed by atoms with van der Waals surface area (Å²) in [6, 6.07) is 6.25. The zero-order valence-corrected chi connectivity index (χ0v) is 10.8. The average molecular weight is 279 g/mol. The summed E-state index contributed by atoms with van der Waals surface area (Å²) in [5.41, 5.74) is 2.42. The molecular weight excluding hydrogens is 265 g/mol. The molecule has 20 heavy (non-hydrogen) atoms. The number of alkyl halides is 1. The Morgan fingerprint density at radius 2 is 2.30 bits per heavy atom. The number of hydroxylamine groups is 1. The predicted molar refractivity (Wildman–Crippen MR) is 68.0 cm³/mol. The van der Waals surface area contributed by atoms with Crippen molar-refractivity contribution < 1.29 is 19.1 Å². The zero-order chi connectivity index (χ0) is 14.5. The van der Waals surface area contributed by atoms with E-state index in [1.807, 2.05) is 0 Å². The van der Waals surface area contributed by atoms with E-state index in [0.717, 1.165) is 0 Å². The minimum atomic E-state index is -0.729. The Morgan fingerprint density at radius 3 is 2.90 bits per heavy atom. The van der Waals surface area contributed by atoms with Gasteiger partial charge in [0.05, 0.1) is 0 Å². The molecule has 1 heterocycles. The third kappa shape index (κ3) is 2.94. The van der Waals surface area contributed by atoms with Gasteiger partial charge in [-0.15, -0.1) is 5.10 Å². The summed E-state index contributed by atoms with van der Waals surface area (Å²) in [6.07, 6.45) is 1.71. The van der Waals surface area contributed by atoms with Crippen LogP contribution in [-0.4, -0.2) is 20.9 Å². The van der Waals surface area contributed by atoms with Gasteiger partial charge in [-0.05, 0) is 11.6 Å². The highest BCUT2D eigenvalue weighted by molar-refractivity contribution is 5.95. The van der Waals surface area contributed by atoms with Crippen LogP contribution >= 0.6 is 0 Å². The van der Waals surface area contributed by atoms with E-state index < -0.39 is 12.6 Å². The smallest absolute Gasteiger partial charge is 0.275 e.